The van der Waals surface area contributed by atoms with E-state index in [1.165, 1.54) is 25.7 Å². The monoisotopic (exact) mass is 236 g/mol. The fraction of sp³-hybridized carbons (Fsp3) is 1.00. The third-order valence-corrected chi connectivity index (χ3v) is 6.38. The van der Waals surface area contributed by atoms with E-state index in [9.17, 15) is 0 Å². The summed E-state index contributed by atoms with van der Waals surface area (Å²) in [6.07, 6.45) is 7.02. The second-order valence-corrected chi connectivity index (χ2v) is 6.81. The van der Waals surface area contributed by atoms with Gasteiger partial charge in [-0.3, -0.25) is 0 Å². The molecule has 0 aromatic rings. The molecule has 0 spiro atoms. The van der Waals surface area contributed by atoms with Crippen LogP contribution < -0.4 is 11.1 Å². The molecular weight excluding hydrogens is 208 g/mol. The molecule has 0 amide bonds. The summed E-state index contributed by atoms with van der Waals surface area (Å²) in [5, 5.41) is 3.87. The van der Waals surface area contributed by atoms with Crippen molar-refractivity contribution in [2.75, 3.05) is 13.1 Å². The molecule has 3 fully saturated rings. The van der Waals surface area contributed by atoms with Crippen molar-refractivity contribution in [2.24, 2.45) is 34.8 Å². The average Bonchev–Trinajstić information content (AvgIpc) is 2.77. The summed E-state index contributed by atoms with van der Waals surface area (Å²) >= 11 is 0. The normalized spacial score (nSPS) is 42.9. The Labute approximate surface area is 106 Å². The summed E-state index contributed by atoms with van der Waals surface area (Å²) in [5.74, 6) is 4.27. The second-order valence-electron chi connectivity index (χ2n) is 6.81. The fourth-order valence-electron chi connectivity index (χ4n) is 4.79. The summed E-state index contributed by atoms with van der Waals surface area (Å²) in [5.41, 5.74) is 6.34. The summed E-state index contributed by atoms with van der Waals surface area (Å²) in [7, 11) is 0. The first-order valence-electron chi connectivity index (χ1n) is 7.68. The molecule has 2 bridgehead atoms. The largest absolute Gasteiger partial charge is 0.330 e. The molecule has 2 heteroatoms. The van der Waals surface area contributed by atoms with E-state index in [1.807, 2.05) is 0 Å². The van der Waals surface area contributed by atoms with E-state index in [4.69, 9.17) is 5.73 Å². The Morgan fingerprint density at radius 2 is 1.71 bits per heavy atom. The van der Waals surface area contributed by atoms with Crippen LogP contribution in [0.3, 0.4) is 0 Å². The number of hydrogen-bond donors (Lipinski definition) is 2. The molecule has 4 unspecified atom stereocenters. The molecule has 0 aliphatic heterocycles. The number of nitrogens with one attached hydrogen (secondary N) is 1. The van der Waals surface area contributed by atoms with Gasteiger partial charge in [0, 0.05) is 12.6 Å². The molecule has 98 valence electrons. The third-order valence-electron chi connectivity index (χ3n) is 6.38. The van der Waals surface area contributed by atoms with Gasteiger partial charge in [-0.2, -0.15) is 0 Å². The van der Waals surface area contributed by atoms with Crippen molar-refractivity contribution in [3.8, 4) is 0 Å². The molecule has 3 aliphatic rings. The highest BCUT2D eigenvalue weighted by molar-refractivity contribution is 5.17. The van der Waals surface area contributed by atoms with Gasteiger partial charge in [0.2, 0.25) is 0 Å². The van der Waals surface area contributed by atoms with Crippen molar-refractivity contribution in [3.63, 3.8) is 0 Å². The van der Waals surface area contributed by atoms with Crippen LogP contribution in [0.5, 0.6) is 0 Å². The summed E-state index contributed by atoms with van der Waals surface area (Å²) < 4.78 is 0. The highest BCUT2D eigenvalue weighted by Gasteiger charge is 2.64. The van der Waals surface area contributed by atoms with E-state index in [-0.39, 0.29) is 0 Å². The van der Waals surface area contributed by atoms with Gasteiger partial charge in [0.1, 0.15) is 0 Å². The number of fused-ring (bicyclic) bond motifs is 5. The van der Waals surface area contributed by atoms with Gasteiger partial charge < -0.3 is 11.1 Å². The van der Waals surface area contributed by atoms with Gasteiger partial charge in [-0.1, -0.05) is 13.8 Å². The first-order valence-corrected chi connectivity index (χ1v) is 7.68. The minimum absolute atomic E-state index is 0.357. The van der Waals surface area contributed by atoms with Gasteiger partial charge in [0.25, 0.3) is 0 Å². The van der Waals surface area contributed by atoms with Crippen LogP contribution in [0.25, 0.3) is 0 Å². The molecule has 3 aliphatic carbocycles. The van der Waals surface area contributed by atoms with Gasteiger partial charge in [0.05, 0.1) is 0 Å². The van der Waals surface area contributed by atoms with Crippen molar-refractivity contribution < 1.29 is 0 Å². The minimum Gasteiger partial charge on any atom is -0.330 e. The Morgan fingerprint density at radius 1 is 1.12 bits per heavy atom. The highest BCUT2D eigenvalue weighted by atomic mass is 15.0. The lowest BCUT2D eigenvalue weighted by Crippen LogP contribution is -2.41. The second kappa shape index (κ2) is 4.24. The van der Waals surface area contributed by atoms with Crippen LogP contribution >= 0.6 is 0 Å². The van der Waals surface area contributed by atoms with Gasteiger partial charge in [0.15, 0.2) is 0 Å². The van der Waals surface area contributed by atoms with Crippen LogP contribution in [0.2, 0.25) is 0 Å². The smallest absolute Gasteiger partial charge is 0.0136 e. The lowest BCUT2D eigenvalue weighted by molar-refractivity contribution is 0.251. The van der Waals surface area contributed by atoms with E-state index in [1.54, 1.807) is 6.42 Å². The molecule has 0 aromatic heterocycles. The lowest BCUT2D eigenvalue weighted by atomic mass is 9.82. The Kier molecular flexibility index (Phi) is 2.99. The average molecular weight is 236 g/mol. The molecule has 3 N–H and O–H groups in total. The third kappa shape index (κ3) is 1.76. The van der Waals surface area contributed by atoms with Crippen molar-refractivity contribution in [1.29, 1.82) is 0 Å². The molecule has 0 aromatic carbocycles. The van der Waals surface area contributed by atoms with Crippen molar-refractivity contribution in [1.82, 2.24) is 5.32 Å². The Bertz CT molecular complexity index is 260. The number of nitrogens with two attached hydrogens (primary N) is 1. The van der Waals surface area contributed by atoms with Crippen LogP contribution in [0.15, 0.2) is 0 Å². The maximum atomic E-state index is 5.98. The van der Waals surface area contributed by atoms with Crippen LogP contribution in [0.1, 0.15) is 46.0 Å². The minimum atomic E-state index is 0.357. The van der Waals surface area contributed by atoms with Gasteiger partial charge in [-0.15, -0.1) is 0 Å². The molecule has 0 radical (unpaired) electrons. The topological polar surface area (TPSA) is 38.0 Å². The SMILES string of the molecule is CCC(CC)(CN)CNC1C2C3CCC(C3)C12. The molecule has 3 saturated carbocycles. The highest BCUT2D eigenvalue weighted by Crippen LogP contribution is 2.65. The number of rotatable bonds is 6. The van der Waals surface area contributed by atoms with E-state index < -0.39 is 0 Å². The van der Waals surface area contributed by atoms with E-state index in [0.717, 1.165) is 42.8 Å². The Morgan fingerprint density at radius 3 is 2.18 bits per heavy atom. The summed E-state index contributed by atoms with van der Waals surface area (Å²) in [6.45, 7) is 6.56. The molecule has 3 rings (SSSR count). The molecule has 0 saturated heterocycles. The van der Waals surface area contributed by atoms with E-state index in [2.05, 4.69) is 19.2 Å². The standard InChI is InChI=1S/C15H28N2/c1-3-15(4-2,8-16)9-17-14-12-10-5-6-11(7-10)13(12)14/h10-14,17H,3-9,16H2,1-2H3. The summed E-state index contributed by atoms with van der Waals surface area (Å²) in [6, 6.07) is 0.866. The van der Waals surface area contributed by atoms with Crippen LogP contribution in [-0.4, -0.2) is 19.1 Å². The van der Waals surface area contributed by atoms with Crippen molar-refractivity contribution in [3.05, 3.63) is 0 Å². The first kappa shape index (κ1) is 12.0. The van der Waals surface area contributed by atoms with Crippen LogP contribution in [0, 0.1) is 29.1 Å². The van der Waals surface area contributed by atoms with Gasteiger partial charge in [-0.05, 0) is 67.7 Å². The predicted octanol–water partition coefficient (Wildman–Crippen LogP) is 2.39. The quantitative estimate of drug-likeness (QED) is 0.743. The van der Waals surface area contributed by atoms with Crippen LogP contribution in [-0.2, 0) is 0 Å². The maximum Gasteiger partial charge on any atom is 0.0136 e. The zero-order valence-electron chi connectivity index (χ0n) is 11.4. The zero-order chi connectivity index (χ0) is 12.0. The van der Waals surface area contributed by atoms with Crippen LogP contribution in [0.4, 0.5) is 0 Å². The number of hydrogen-bond acceptors (Lipinski definition) is 2. The predicted molar refractivity (Wildman–Crippen MR) is 71.7 cm³/mol. The summed E-state index contributed by atoms with van der Waals surface area (Å²) in [4.78, 5) is 0. The maximum absolute atomic E-state index is 5.98. The van der Waals surface area contributed by atoms with Gasteiger partial charge >= 0.3 is 0 Å². The molecule has 0 heterocycles. The Balaban J connectivity index is 1.53. The lowest BCUT2D eigenvalue weighted by Gasteiger charge is -2.31. The molecular formula is C15H28N2. The van der Waals surface area contributed by atoms with E-state index >= 15 is 0 Å². The van der Waals surface area contributed by atoms with Gasteiger partial charge in [-0.25, -0.2) is 0 Å². The molecule has 2 nitrogen and oxygen atoms in total. The van der Waals surface area contributed by atoms with Crippen molar-refractivity contribution in [2.45, 2.75) is 52.0 Å². The molecule has 4 atom stereocenters. The first-order chi connectivity index (χ1) is 8.24. The Hall–Kier alpha value is -0.0800. The molecule has 17 heavy (non-hydrogen) atoms. The fourth-order valence-corrected chi connectivity index (χ4v) is 4.79. The van der Waals surface area contributed by atoms with Crippen molar-refractivity contribution >= 4 is 0 Å². The van der Waals surface area contributed by atoms with E-state index in [0.29, 0.717) is 5.41 Å². The zero-order valence-corrected chi connectivity index (χ0v) is 11.4.